The van der Waals surface area contributed by atoms with Crippen molar-refractivity contribution < 1.29 is 17.9 Å². The number of nitrogens with zero attached hydrogens (tertiary/aromatic N) is 1. The van der Waals surface area contributed by atoms with Crippen molar-refractivity contribution in [1.82, 2.24) is 5.32 Å². The minimum absolute atomic E-state index is 0.0586. The topological polar surface area (TPSA) is 75.7 Å². The molecule has 0 saturated carbocycles. The fourth-order valence-electron chi connectivity index (χ4n) is 3.49. The molecule has 1 N–H and O–H groups in total. The zero-order valence-corrected chi connectivity index (χ0v) is 20.1. The quantitative estimate of drug-likeness (QED) is 0.590. The molecule has 0 bridgehead atoms. The van der Waals surface area contributed by atoms with Crippen molar-refractivity contribution in [1.29, 1.82) is 0 Å². The Morgan fingerprint density at radius 1 is 1.13 bits per heavy atom. The summed E-state index contributed by atoms with van der Waals surface area (Å²) in [4.78, 5) is 12.9. The van der Waals surface area contributed by atoms with E-state index in [0.29, 0.717) is 18.7 Å². The number of carbonyl (C=O) groups excluding carboxylic acids is 1. The van der Waals surface area contributed by atoms with Gasteiger partial charge in [-0.05, 0) is 48.1 Å². The fraction of sp³-hybridized carbons (Fsp3) is 0.458. The van der Waals surface area contributed by atoms with Gasteiger partial charge in [0.25, 0.3) is 0 Å². The summed E-state index contributed by atoms with van der Waals surface area (Å²) in [5.41, 5.74) is 2.44. The minimum Gasteiger partial charge on any atom is -0.491 e. The molecule has 0 aliphatic heterocycles. The highest BCUT2D eigenvalue weighted by Crippen LogP contribution is 2.30. The largest absolute Gasteiger partial charge is 0.491 e. The first-order chi connectivity index (χ1) is 14.4. The molecule has 31 heavy (non-hydrogen) atoms. The summed E-state index contributed by atoms with van der Waals surface area (Å²) in [6.07, 6.45) is 1.47. The van der Waals surface area contributed by atoms with E-state index in [0.717, 1.165) is 23.1 Å². The standard InChI is InChI=1S/C24H34N2O4S/c1-7-21(26(31(6,28)29)19-12-10-11-18(2)17-19)23(27)25-15-16-30-22-14-9-8-13-20(22)24(3,4)5/h8-14,17,21H,7,15-16H2,1-6H3,(H,25,27)/t21-/m1/s1. The van der Waals surface area contributed by atoms with Crippen LogP contribution in [0.3, 0.4) is 0 Å². The highest BCUT2D eigenvalue weighted by Gasteiger charge is 2.31. The molecule has 0 aromatic heterocycles. The molecule has 0 fully saturated rings. The van der Waals surface area contributed by atoms with Gasteiger partial charge in [-0.3, -0.25) is 9.10 Å². The van der Waals surface area contributed by atoms with Crippen LogP contribution in [-0.2, 0) is 20.2 Å². The molecule has 0 saturated heterocycles. The molecule has 2 rings (SSSR count). The van der Waals surface area contributed by atoms with Crippen LogP contribution < -0.4 is 14.4 Å². The lowest BCUT2D eigenvalue weighted by Crippen LogP contribution is -2.50. The van der Waals surface area contributed by atoms with Gasteiger partial charge >= 0.3 is 0 Å². The average Bonchev–Trinajstić information content (AvgIpc) is 2.67. The van der Waals surface area contributed by atoms with E-state index in [1.165, 1.54) is 4.31 Å². The molecule has 170 valence electrons. The van der Waals surface area contributed by atoms with E-state index in [9.17, 15) is 13.2 Å². The number of hydrogen-bond acceptors (Lipinski definition) is 4. The Morgan fingerprint density at radius 3 is 2.39 bits per heavy atom. The molecule has 6 nitrogen and oxygen atoms in total. The lowest BCUT2D eigenvalue weighted by molar-refractivity contribution is -0.122. The number of amides is 1. The lowest BCUT2D eigenvalue weighted by atomic mass is 9.86. The zero-order chi connectivity index (χ0) is 23.2. The molecule has 2 aromatic rings. The highest BCUT2D eigenvalue weighted by atomic mass is 32.2. The van der Waals surface area contributed by atoms with Gasteiger partial charge in [-0.25, -0.2) is 8.42 Å². The maximum Gasteiger partial charge on any atom is 0.244 e. The van der Waals surface area contributed by atoms with Crippen LogP contribution in [0.5, 0.6) is 5.75 Å². The summed E-state index contributed by atoms with van der Waals surface area (Å²) in [6.45, 7) is 10.6. The average molecular weight is 447 g/mol. The second-order valence-electron chi connectivity index (χ2n) is 8.71. The molecule has 0 aliphatic rings. The Morgan fingerprint density at radius 2 is 1.81 bits per heavy atom. The Kier molecular flexibility index (Phi) is 8.12. The van der Waals surface area contributed by atoms with Crippen molar-refractivity contribution >= 4 is 21.6 Å². The molecular formula is C24H34N2O4S. The van der Waals surface area contributed by atoms with Gasteiger partial charge in [0.15, 0.2) is 0 Å². The molecule has 0 radical (unpaired) electrons. The van der Waals surface area contributed by atoms with Gasteiger partial charge in [-0.2, -0.15) is 0 Å². The van der Waals surface area contributed by atoms with Crippen molar-refractivity contribution in [3.05, 3.63) is 59.7 Å². The number of para-hydroxylation sites is 1. The van der Waals surface area contributed by atoms with Crippen LogP contribution in [0.15, 0.2) is 48.5 Å². The van der Waals surface area contributed by atoms with E-state index < -0.39 is 16.1 Å². The number of hydrogen-bond donors (Lipinski definition) is 1. The zero-order valence-electron chi connectivity index (χ0n) is 19.3. The van der Waals surface area contributed by atoms with Crippen LogP contribution in [0.4, 0.5) is 5.69 Å². The van der Waals surface area contributed by atoms with Gasteiger partial charge in [0.1, 0.15) is 18.4 Å². The maximum atomic E-state index is 12.9. The molecule has 0 spiro atoms. The Balaban J connectivity index is 2.08. The molecule has 1 atom stereocenters. The SMILES string of the molecule is CC[C@H](C(=O)NCCOc1ccccc1C(C)(C)C)N(c1cccc(C)c1)S(C)(=O)=O. The van der Waals surface area contributed by atoms with Gasteiger partial charge in [-0.1, -0.05) is 58.0 Å². The summed E-state index contributed by atoms with van der Waals surface area (Å²) < 4.78 is 32.1. The third-order valence-corrected chi connectivity index (χ3v) is 6.12. The molecule has 1 amide bonds. The van der Waals surface area contributed by atoms with E-state index in [2.05, 4.69) is 26.1 Å². The Hall–Kier alpha value is -2.54. The monoisotopic (exact) mass is 446 g/mol. The van der Waals surface area contributed by atoms with Crippen molar-refractivity contribution in [3.63, 3.8) is 0 Å². The summed E-state index contributed by atoms with van der Waals surface area (Å²) >= 11 is 0. The van der Waals surface area contributed by atoms with Crippen molar-refractivity contribution in [2.75, 3.05) is 23.7 Å². The van der Waals surface area contributed by atoms with Crippen molar-refractivity contribution in [2.24, 2.45) is 0 Å². The normalized spacial score (nSPS) is 12.8. The molecule has 7 heteroatoms. The number of sulfonamides is 1. The van der Waals surface area contributed by atoms with Crippen LogP contribution in [0.25, 0.3) is 0 Å². The molecule has 2 aromatic carbocycles. The van der Waals surface area contributed by atoms with Gasteiger partial charge < -0.3 is 10.1 Å². The van der Waals surface area contributed by atoms with Crippen LogP contribution >= 0.6 is 0 Å². The Bertz CT molecular complexity index is 997. The summed E-state index contributed by atoms with van der Waals surface area (Å²) in [6, 6.07) is 14.2. The third kappa shape index (κ3) is 6.72. The number of ether oxygens (including phenoxy) is 1. The fourth-order valence-corrected chi connectivity index (χ4v) is 4.69. The third-order valence-electron chi connectivity index (χ3n) is 4.94. The summed E-state index contributed by atoms with van der Waals surface area (Å²) in [5, 5.41) is 2.83. The van der Waals surface area contributed by atoms with E-state index in [-0.39, 0.29) is 17.9 Å². The molecule has 0 heterocycles. The lowest BCUT2D eigenvalue weighted by Gasteiger charge is -2.30. The first-order valence-corrected chi connectivity index (χ1v) is 12.4. The molecule has 0 unspecified atom stereocenters. The van der Waals surface area contributed by atoms with E-state index in [1.807, 2.05) is 37.3 Å². The maximum absolute atomic E-state index is 12.9. The van der Waals surface area contributed by atoms with Crippen LogP contribution in [0.1, 0.15) is 45.2 Å². The second kappa shape index (κ2) is 10.2. The summed E-state index contributed by atoms with van der Waals surface area (Å²) in [5.74, 6) is 0.441. The number of anilines is 1. The van der Waals surface area contributed by atoms with Gasteiger partial charge in [-0.15, -0.1) is 0 Å². The first kappa shape index (κ1) is 24.7. The van der Waals surface area contributed by atoms with E-state index in [1.54, 1.807) is 25.1 Å². The molecule has 0 aliphatic carbocycles. The van der Waals surface area contributed by atoms with Gasteiger partial charge in [0, 0.05) is 0 Å². The van der Waals surface area contributed by atoms with E-state index in [4.69, 9.17) is 4.74 Å². The van der Waals surface area contributed by atoms with E-state index >= 15 is 0 Å². The number of aryl methyl sites for hydroxylation is 1. The van der Waals surface area contributed by atoms with Crippen LogP contribution in [0.2, 0.25) is 0 Å². The van der Waals surface area contributed by atoms with Gasteiger partial charge in [0.2, 0.25) is 15.9 Å². The second-order valence-corrected chi connectivity index (χ2v) is 10.6. The molecular weight excluding hydrogens is 412 g/mol. The number of benzene rings is 2. The summed E-state index contributed by atoms with van der Waals surface area (Å²) in [7, 11) is -3.65. The highest BCUT2D eigenvalue weighted by molar-refractivity contribution is 7.92. The van der Waals surface area contributed by atoms with Crippen molar-refractivity contribution in [2.45, 2.75) is 52.5 Å². The Labute approximate surface area is 186 Å². The predicted octanol–water partition coefficient (Wildman–Crippen LogP) is 4.03. The van der Waals surface area contributed by atoms with Crippen molar-refractivity contribution in [3.8, 4) is 5.75 Å². The van der Waals surface area contributed by atoms with Crippen LogP contribution in [0, 0.1) is 6.92 Å². The number of rotatable bonds is 9. The van der Waals surface area contributed by atoms with Crippen LogP contribution in [-0.4, -0.2) is 39.8 Å². The van der Waals surface area contributed by atoms with Gasteiger partial charge in [0.05, 0.1) is 18.5 Å². The predicted molar refractivity (Wildman–Crippen MR) is 126 cm³/mol. The number of carbonyl (C=O) groups is 1. The number of nitrogens with one attached hydrogen (secondary N) is 1. The minimum atomic E-state index is -3.65. The first-order valence-electron chi connectivity index (χ1n) is 10.5. The smallest absolute Gasteiger partial charge is 0.244 e.